The minimum absolute atomic E-state index is 0.313. The summed E-state index contributed by atoms with van der Waals surface area (Å²) in [5.74, 6) is 0.674. The van der Waals surface area contributed by atoms with Gasteiger partial charge in [-0.3, -0.25) is 4.79 Å². The van der Waals surface area contributed by atoms with E-state index < -0.39 is 0 Å². The van der Waals surface area contributed by atoms with Crippen molar-refractivity contribution in [2.75, 3.05) is 5.32 Å². The third-order valence-electron chi connectivity index (χ3n) is 3.88. The Hall–Kier alpha value is -3.39. The minimum Gasteiger partial charge on any atom is -0.305 e. The molecule has 0 unspecified atom stereocenters. The SMILES string of the molecule is Cc1cc(C)n(-c2cc(NC(=O)c3csc(-c4ccccc4)n3)ncn2)n1. The number of carbonyl (C=O) groups is 1. The van der Waals surface area contributed by atoms with Gasteiger partial charge in [0, 0.05) is 22.7 Å². The van der Waals surface area contributed by atoms with E-state index in [4.69, 9.17) is 0 Å². The summed E-state index contributed by atoms with van der Waals surface area (Å²) in [7, 11) is 0. The maximum absolute atomic E-state index is 12.5. The first kappa shape index (κ1) is 17.0. The molecule has 1 amide bonds. The highest BCUT2D eigenvalue weighted by atomic mass is 32.1. The van der Waals surface area contributed by atoms with Crippen LogP contribution in [0.4, 0.5) is 5.82 Å². The Balaban J connectivity index is 1.54. The molecule has 4 aromatic rings. The number of aryl methyl sites for hydroxylation is 2. The van der Waals surface area contributed by atoms with Gasteiger partial charge in [0.15, 0.2) is 5.82 Å². The maximum Gasteiger partial charge on any atom is 0.276 e. The lowest BCUT2D eigenvalue weighted by Crippen LogP contribution is -2.14. The second-order valence-corrected chi connectivity index (χ2v) is 6.82. The molecule has 0 aliphatic heterocycles. The zero-order chi connectivity index (χ0) is 18.8. The molecule has 1 aromatic carbocycles. The smallest absolute Gasteiger partial charge is 0.276 e. The van der Waals surface area contributed by atoms with Crippen LogP contribution in [0.25, 0.3) is 16.4 Å². The van der Waals surface area contributed by atoms with Gasteiger partial charge in [0.1, 0.15) is 22.8 Å². The van der Waals surface area contributed by atoms with E-state index in [9.17, 15) is 4.79 Å². The Kier molecular flexibility index (Phi) is 4.47. The zero-order valence-corrected chi connectivity index (χ0v) is 15.6. The van der Waals surface area contributed by atoms with Crippen molar-refractivity contribution >= 4 is 23.1 Å². The van der Waals surface area contributed by atoms with Crippen LogP contribution in [0.15, 0.2) is 54.2 Å². The van der Waals surface area contributed by atoms with Gasteiger partial charge in [0.05, 0.1) is 5.69 Å². The Morgan fingerprint density at radius 2 is 1.93 bits per heavy atom. The molecule has 3 aromatic heterocycles. The summed E-state index contributed by atoms with van der Waals surface area (Å²) in [6, 6.07) is 13.4. The molecule has 134 valence electrons. The van der Waals surface area contributed by atoms with Crippen LogP contribution < -0.4 is 5.32 Å². The number of anilines is 1. The van der Waals surface area contributed by atoms with Crippen LogP contribution in [0.2, 0.25) is 0 Å². The van der Waals surface area contributed by atoms with Gasteiger partial charge in [-0.2, -0.15) is 5.10 Å². The van der Waals surface area contributed by atoms with Crippen LogP contribution in [-0.2, 0) is 0 Å². The molecule has 0 saturated heterocycles. The fraction of sp³-hybridized carbons (Fsp3) is 0.105. The average molecular weight is 376 g/mol. The summed E-state index contributed by atoms with van der Waals surface area (Å²) in [6.07, 6.45) is 1.40. The van der Waals surface area contributed by atoms with Gasteiger partial charge in [0.25, 0.3) is 5.91 Å². The van der Waals surface area contributed by atoms with E-state index in [1.54, 1.807) is 16.1 Å². The summed E-state index contributed by atoms with van der Waals surface area (Å²) in [6.45, 7) is 3.86. The highest BCUT2D eigenvalue weighted by molar-refractivity contribution is 7.13. The van der Waals surface area contributed by atoms with E-state index in [1.807, 2.05) is 50.2 Å². The van der Waals surface area contributed by atoms with Crippen LogP contribution in [0, 0.1) is 13.8 Å². The number of amides is 1. The second kappa shape index (κ2) is 7.08. The molecule has 0 fully saturated rings. The predicted octanol–water partition coefficient (Wildman–Crippen LogP) is 3.65. The molecule has 0 atom stereocenters. The van der Waals surface area contributed by atoms with Crippen LogP contribution >= 0.6 is 11.3 Å². The molecule has 0 aliphatic carbocycles. The summed E-state index contributed by atoms with van der Waals surface area (Å²) in [5.41, 5.74) is 3.18. The first-order valence-electron chi connectivity index (χ1n) is 8.28. The molecule has 0 aliphatic rings. The first-order chi connectivity index (χ1) is 13.1. The van der Waals surface area contributed by atoms with Gasteiger partial charge < -0.3 is 5.32 Å². The molecule has 3 heterocycles. The lowest BCUT2D eigenvalue weighted by atomic mass is 10.2. The lowest BCUT2D eigenvalue weighted by molar-refractivity contribution is 0.102. The summed E-state index contributed by atoms with van der Waals surface area (Å²) in [4.78, 5) is 25.3. The molecule has 8 heteroatoms. The van der Waals surface area contributed by atoms with Crippen molar-refractivity contribution in [3.05, 3.63) is 71.3 Å². The molecule has 1 N–H and O–H groups in total. The number of hydrogen-bond acceptors (Lipinski definition) is 6. The second-order valence-electron chi connectivity index (χ2n) is 5.96. The quantitative estimate of drug-likeness (QED) is 0.587. The van der Waals surface area contributed by atoms with Crippen molar-refractivity contribution in [3.8, 4) is 16.4 Å². The molecule has 0 saturated carbocycles. The van der Waals surface area contributed by atoms with E-state index in [2.05, 4.69) is 25.4 Å². The Morgan fingerprint density at radius 3 is 2.67 bits per heavy atom. The molecule has 4 rings (SSSR count). The lowest BCUT2D eigenvalue weighted by Gasteiger charge is -2.06. The predicted molar refractivity (Wildman–Crippen MR) is 104 cm³/mol. The monoisotopic (exact) mass is 376 g/mol. The van der Waals surface area contributed by atoms with Crippen LogP contribution in [0.1, 0.15) is 21.9 Å². The Morgan fingerprint density at radius 1 is 1.11 bits per heavy atom. The van der Waals surface area contributed by atoms with Crippen LogP contribution in [-0.4, -0.2) is 30.6 Å². The molecule has 7 nitrogen and oxygen atoms in total. The topological polar surface area (TPSA) is 85.6 Å². The van der Waals surface area contributed by atoms with E-state index in [0.29, 0.717) is 17.3 Å². The van der Waals surface area contributed by atoms with E-state index in [1.165, 1.54) is 17.7 Å². The highest BCUT2D eigenvalue weighted by Crippen LogP contribution is 2.23. The maximum atomic E-state index is 12.5. The molecule has 27 heavy (non-hydrogen) atoms. The average Bonchev–Trinajstić information content (AvgIpc) is 3.29. The number of nitrogens with zero attached hydrogens (tertiary/aromatic N) is 5. The molecule has 0 bridgehead atoms. The molecular weight excluding hydrogens is 360 g/mol. The number of rotatable bonds is 4. The number of hydrogen-bond donors (Lipinski definition) is 1. The summed E-state index contributed by atoms with van der Waals surface area (Å²) >= 11 is 1.43. The number of carbonyl (C=O) groups excluding carboxylic acids is 1. The molecule has 0 spiro atoms. The highest BCUT2D eigenvalue weighted by Gasteiger charge is 2.14. The zero-order valence-electron chi connectivity index (χ0n) is 14.7. The van der Waals surface area contributed by atoms with E-state index in [0.717, 1.165) is 22.0 Å². The van der Waals surface area contributed by atoms with E-state index >= 15 is 0 Å². The van der Waals surface area contributed by atoms with Crippen molar-refractivity contribution in [1.82, 2.24) is 24.7 Å². The largest absolute Gasteiger partial charge is 0.305 e. The van der Waals surface area contributed by atoms with Crippen LogP contribution in [0.3, 0.4) is 0 Å². The van der Waals surface area contributed by atoms with Crippen molar-refractivity contribution in [2.45, 2.75) is 13.8 Å². The Labute approximate surface area is 159 Å². The number of aromatic nitrogens is 5. The molecule has 0 radical (unpaired) electrons. The summed E-state index contributed by atoms with van der Waals surface area (Å²) < 4.78 is 1.71. The minimum atomic E-state index is -0.313. The third-order valence-corrected chi connectivity index (χ3v) is 4.77. The normalized spacial score (nSPS) is 10.7. The fourth-order valence-corrected chi connectivity index (χ4v) is 3.47. The Bertz CT molecular complexity index is 1100. The first-order valence-corrected chi connectivity index (χ1v) is 9.16. The molecular formula is C19H16N6OS. The summed E-state index contributed by atoms with van der Waals surface area (Å²) in [5, 5.41) is 9.71. The van der Waals surface area contributed by atoms with Crippen molar-refractivity contribution in [3.63, 3.8) is 0 Å². The van der Waals surface area contributed by atoms with Gasteiger partial charge in [-0.25, -0.2) is 19.6 Å². The van der Waals surface area contributed by atoms with Gasteiger partial charge >= 0.3 is 0 Å². The van der Waals surface area contributed by atoms with E-state index in [-0.39, 0.29) is 5.91 Å². The van der Waals surface area contributed by atoms with Crippen molar-refractivity contribution in [2.24, 2.45) is 0 Å². The third kappa shape index (κ3) is 3.61. The fourth-order valence-electron chi connectivity index (χ4n) is 2.66. The number of benzene rings is 1. The van der Waals surface area contributed by atoms with Gasteiger partial charge in [-0.15, -0.1) is 11.3 Å². The van der Waals surface area contributed by atoms with Crippen LogP contribution in [0.5, 0.6) is 0 Å². The van der Waals surface area contributed by atoms with Crippen molar-refractivity contribution in [1.29, 1.82) is 0 Å². The van der Waals surface area contributed by atoms with Gasteiger partial charge in [0.2, 0.25) is 0 Å². The van der Waals surface area contributed by atoms with Crippen molar-refractivity contribution < 1.29 is 4.79 Å². The number of nitrogens with one attached hydrogen (secondary N) is 1. The standard InChI is InChI=1S/C19H16N6OS/c1-12-8-13(2)25(24-12)17-9-16(20-11-21-17)23-18(26)15-10-27-19(22-15)14-6-4-3-5-7-14/h3-11H,1-2H3,(H,20,21,23,26). The van der Waals surface area contributed by atoms with Gasteiger partial charge in [-0.1, -0.05) is 30.3 Å². The number of thiazole rings is 1. The van der Waals surface area contributed by atoms with Gasteiger partial charge in [-0.05, 0) is 19.9 Å².